The third-order valence-corrected chi connectivity index (χ3v) is 4.83. The maximum Gasteiger partial charge on any atom is 0.237 e. The fourth-order valence-corrected chi connectivity index (χ4v) is 3.63. The first-order valence-electron chi connectivity index (χ1n) is 7.25. The van der Waals surface area contributed by atoms with Crippen molar-refractivity contribution in [1.29, 1.82) is 0 Å². The summed E-state index contributed by atoms with van der Waals surface area (Å²) in [7, 11) is 1.84. The summed E-state index contributed by atoms with van der Waals surface area (Å²) in [4.78, 5) is 14.3. The molecule has 3 N–H and O–H groups in total. The van der Waals surface area contributed by atoms with E-state index in [1.54, 1.807) is 0 Å². The molecule has 1 heterocycles. The Kier molecular flexibility index (Phi) is 4.18. The fraction of sp³-hybridized carbons (Fsp3) is 0.929. The van der Waals surface area contributed by atoms with Crippen molar-refractivity contribution >= 4 is 5.91 Å². The average molecular weight is 269 g/mol. The highest BCUT2D eigenvalue weighted by Gasteiger charge is 2.45. The van der Waals surface area contributed by atoms with Gasteiger partial charge in [-0.05, 0) is 46.6 Å². The summed E-state index contributed by atoms with van der Waals surface area (Å²) < 4.78 is 5.58. The molecule has 0 aromatic carbocycles. The number of carbonyl (C=O) groups is 1. The van der Waals surface area contributed by atoms with Crippen molar-refractivity contribution in [2.45, 2.75) is 56.7 Å². The van der Waals surface area contributed by atoms with Gasteiger partial charge in [-0.25, -0.2) is 0 Å². The van der Waals surface area contributed by atoms with E-state index < -0.39 is 5.54 Å². The number of nitrogens with one attached hydrogen (secondary N) is 1. The van der Waals surface area contributed by atoms with Crippen LogP contribution >= 0.6 is 0 Å². The summed E-state index contributed by atoms with van der Waals surface area (Å²) in [6.07, 6.45) is 3.84. The van der Waals surface area contributed by atoms with Crippen LogP contribution in [0.15, 0.2) is 0 Å². The molecule has 1 saturated heterocycles. The van der Waals surface area contributed by atoms with Crippen molar-refractivity contribution in [2.75, 3.05) is 26.8 Å². The number of likely N-dealkylation sites (N-methyl/N-ethyl adjacent to an activating group) is 1. The number of nitrogens with two attached hydrogens (primary N) is 1. The van der Waals surface area contributed by atoms with Crippen LogP contribution in [0.5, 0.6) is 0 Å². The smallest absolute Gasteiger partial charge is 0.237 e. The number of rotatable bonds is 3. The van der Waals surface area contributed by atoms with E-state index >= 15 is 0 Å². The zero-order valence-corrected chi connectivity index (χ0v) is 12.4. The van der Waals surface area contributed by atoms with Gasteiger partial charge in [0.15, 0.2) is 0 Å². The first-order chi connectivity index (χ1) is 8.91. The zero-order chi connectivity index (χ0) is 14.1. The van der Waals surface area contributed by atoms with Crippen molar-refractivity contribution in [2.24, 2.45) is 5.73 Å². The summed E-state index contributed by atoms with van der Waals surface area (Å²) in [5.74, 6) is -0.217. The van der Waals surface area contributed by atoms with E-state index in [9.17, 15) is 4.79 Å². The van der Waals surface area contributed by atoms with Gasteiger partial charge in [-0.3, -0.25) is 9.69 Å². The molecule has 2 aliphatic rings. The monoisotopic (exact) mass is 269 g/mol. The van der Waals surface area contributed by atoms with Crippen molar-refractivity contribution in [3.8, 4) is 0 Å². The fourth-order valence-electron chi connectivity index (χ4n) is 3.63. The Morgan fingerprint density at radius 1 is 1.47 bits per heavy atom. The molecule has 1 amide bonds. The van der Waals surface area contributed by atoms with Gasteiger partial charge in [-0.15, -0.1) is 0 Å². The van der Waals surface area contributed by atoms with Crippen LogP contribution in [0.2, 0.25) is 0 Å². The molecular formula is C14H27N3O2. The van der Waals surface area contributed by atoms with Crippen molar-refractivity contribution in [1.82, 2.24) is 10.2 Å². The van der Waals surface area contributed by atoms with Crippen LogP contribution in [-0.2, 0) is 9.53 Å². The average Bonchev–Trinajstić information content (AvgIpc) is 2.38. The van der Waals surface area contributed by atoms with E-state index in [1.807, 2.05) is 7.05 Å². The molecule has 2 fully saturated rings. The standard InChI is InChI=1S/C14H27N3O2/c1-13(2)10-19-8-7-17(13)11-5-4-6-14(9-11,16-3)12(15)18/h11,16H,4-10H2,1-3H3,(H2,15,18). The minimum atomic E-state index is -0.530. The van der Waals surface area contributed by atoms with Crippen LogP contribution < -0.4 is 11.1 Å². The Morgan fingerprint density at radius 3 is 2.79 bits per heavy atom. The molecule has 1 aliphatic carbocycles. The quantitative estimate of drug-likeness (QED) is 0.782. The minimum absolute atomic E-state index is 0.0391. The number of hydrogen-bond acceptors (Lipinski definition) is 4. The van der Waals surface area contributed by atoms with Crippen molar-refractivity contribution in [3.63, 3.8) is 0 Å². The number of carbonyl (C=O) groups excluding carboxylic acids is 1. The number of hydrogen-bond donors (Lipinski definition) is 2. The molecule has 1 saturated carbocycles. The number of morpholine rings is 1. The summed E-state index contributed by atoms with van der Waals surface area (Å²) in [6.45, 7) is 6.91. The Hall–Kier alpha value is -0.650. The molecule has 5 nitrogen and oxygen atoms in total. The van der Waals surface area contributed by atoms with Crippen LogP contribution in [0.3, 0.4) is 0 Å². The first-order valence-corrected chi connectivity index (χ1v) is 7.25. The number of amides is 1. The predicted molar refractivity (Wildman–Crippen MR) is 74.8 cm³/mol. The number of primary amides is 1. The third kappa shape index (κ3) is 2.78. The molecule has 1 aliphatic heterocycles. The van der Waals surface area contributed by atoms with Crippen molar-refractivity contribution in [3.05, 3.63) is 0 Å². The summed E-state index contributed by atoms with van der Waals surface area (Å²) in [6, 6.07) is 0.410. The molecule has 0 aromatic heterocycles. The molecule has 0 radical (unpaired) electrons. The van der Waals surface area contributed by atoms with Gasteiger partial charge in [0.1, 0.15) is 0 Å². The molecular weight excluding hydrogens is 242 g/mol. The van der Waals surface area contributed by atoms with E-state index in [4.69, 9.17) is 10.5 Å². The second-order valence-corrected chi connectivity index (χ2v) is 6.50. The molecule has 0 aromatic rings. The lowest BCUT2D eigenvalue weighted by atomic mass is 9.76. The summed E-state index contributed by atoms with van der Waals surface area (Å²) >= 11 is 0. The van der Waals surface area contributed by atoms with E-state index in [1.165, 1.54) is 0 Å². The number of ether oxygens (including phenoxy) is 1. The van der Waals surface area contributed by atoms with Crippen LogP contribution in [0.1, 0.15) is 39.5 Å². The van der Waals surface area contributed by atoms with Gasteiger partial charge in [0.2, 0.25) is 5.91 Å². The maximum absolute atomic E-state index is 11.8. The molecule has 110 valence electrons. The minimum Gasteiger partial charge on any atom is -0.378 e. The lowest BCUT2D eigenvalue weighted by Crippen LogP contribution is -2.64. The van der Waals surface area contributed by atoms with Gasteiger partial charge in [0, 0.05) is 18.1 Å². The largest absolute Gasteiger partial charge is 0.378 e. The predicted octanol–water partition coefficient (Wildman–Crippen LogP) is 0.483. The maximum atomic E-state index is 11.8. The van der Waals surface area contributed by atoms with E-state index in [0.717, 1.165) is 45.4 Å². The second-order valence-electron chi connectivity index (χ2n) is 6.50. The Labute approximate surface area is 115 Å². The van der Waals surface area contributed by atoms with E-state index in [2.05, 4.69) is 24.1 Å². The Morgan fingerprint density at radius 2 is 2.21 bits per heavy atom. The van der Waals surface area contributed by atoms with Crippen LogP contribution in [-0.4, -0.2) is 54.7 Å². The number of nitrogens with zero attached hydrogens (tertiary/aromatic N) is 1. The van der Waals surface area contributed by atoms with Crippen LogP contribution in [0.25, 0.3) is 0 Å². The Bertz CT molecular complexity index is 346. The molecule has 0 bridgehead atoms. The summed E-state index contributed by atoms with van der Waals surface area (Å²) in [5.41, 5.74) is 5.14. The second kappa shape index (κ2) is 5.38. The van der Waals surface area contributed by atoms with Gasteiger partial charge in [-0.1, -0.05) is 0 Å². The highest BCUT2D eigenvalue weighted by Crippen LogP contribution is 2.35. The van der Waals surface area contributed by atoms with Gasteiger partial charge in [-0.2, -0.15) is 0 Å². The van der Waals surface area contributed by atoms with Gasteiger partial charge < -0.3 is 15.8 Å². The van der Waals surface area contributed by atoms with Gasteiger partial charge in [0.05, 0.1) is 18.8 Å². The highest BCUT2D eigenvalue weighted by atomic mass is 16.5. The first kappa shape index (κ1) is 14.8. The van der Waals surface area contributed by atoms with Gasteiger partial charge >= 0.3 is 0 Å². The third-order valence-electron chi connectivity index (χ3n) is 4.83. The van der Waals surface area contributed by atoms with E-state index in [-0.39, 0.29) is 11.4 Å². The topological polar surface area (TPSA) is 67.6 Å². The molecule has 2 unspecified atom stereocenters. The van der Waals surface area contributed by atoms with Crippen LogP contribution in [0.4, 0.5) is 0 Å². The molecule has 19 heavy (non-hydrogen) atoms. The van der Waals surface area contributed by atoms with Gasteiger partial charge in [0.25, 0.3) is 0 Å². The van der Waals surface area contributed by atoms with Crippen molar-refractivity contribution < 1.29 is 9.53 Å². The lowest BCUT2D eigenvalue weighted by molar-refractivity contribution is -0.129. The molecule has 5 heteroatoms. The van der Waals surface area contributed by atoms with Crippen LogP contribution in [0, 0.1) is 0 Å². The normalized spacial score (nSPS) is 36.1. The molecule has 0 spiro atoms. The molecule has 2 atom stereocenters. The molecule has 2 rings (SSSR count). The van der Waals surface area contributed by atoms with E-state index in [0.29, 0.717) is 6.04 Å². The Balaban J connectivity index is 2.14. The highest BCUT2D eigenvalue weighted by molar-refractivity contribution is 5.84. The summed E-state index contributed by atoms with van der Waals surface area (Å²) in [5, 5.41) is 3.18. The SMILES string of the molecule is CNC1(C(N)=O)CCCC(N2CCOCC2(C)C)C1. The lowest BCUT2D eigenvalue weighted by Gasteiger charge is -2.50. The zero-order valence-electron chi connectivity index (χ0n) is 12.4.